The number of amides is 1. The second-order valence-corrected chi connectivity index (χ2v) is 7.28. The van der Waals surface area contributed by atoms with E-state index in [1.54, 1.807) is 25.6 Å². The largest absolute Gasteiger partial charge is 0.497 e. The van der Waals surface area contributed by atoms with Crippen molar-refractivity contribution in [3.05, 3.63) is 51.3 Å². The van der Waals surface area contributed by atoms with Crippen molar-refractivity contribution in [3.8, 4) is 22.8 Å². The zero-order valence-corrected chi connectivity index (χ0v) is 16.0. The van der Waals surface area contributed by atoms with Crippen molar-refractivity contribution in [1.82, 2.24) is 10.5 Å². The van der Waals surface area contributed by atoms with Gasteiger partial charge in [-0.15, -0.1) is 11.3 Å². The van der Waals surface area contributed by atoms with Gasteiger partial charge in [0, 0.05) is 22.5 Å². The summed E-state index contributed by atoms with van der Waals surface area (Å²) in [4.78, 5) is 13.9. The van der Waals surface area contributed by atoms with Crippen LogP contribution in [0.3, 0.4) is 0 Å². The fraction of sp³-hybridized carbons (Fsp3) is 0.300. The Bertz CT molecular complexity index is 976. The number of aromatic nitrogens is 1. The van der Waals surface area contributed by atoms with Crippen LogP contribution >= 0.6 is 11.3 Å². The molecule has 1 amide bonds. The van der Waals surface area contributed by atoms with Gasteiger partial charge in [0.2, 0.25) is 0 Å². The summed E-state index contributed by atoms with van der Waals surface area (Å²) >= 11 is 1.71. The summed E-state index contributed by atoms with van der Waals surface area (Å²) in [6.07, 6.45) is 2.32. The number of rotatable bonds is 6. The van der Waals surface area contributed by atoms with Crippen LogP contribution in [0.1, 0.15) is 26.5 Å². The number of benzene rings is 1. The summed E-state index contributed by atoms with van der Waals surface area (Å²) in [5.41, 5.74) is 3.33. The summed E-state index contributed by atoms with van der Waals surface area (Å²) in [5.74, 6) is 2.06. The van der Waals surface area contributed by atoms with Gasteiger partial charge in [-0.3, -0.25) is 4.79 Å². The highest BCUT2D eigenvalue weighted by molar-refractivity contribution is 7.10. The van der Waals surface area contributed by atoms with Gasteiger partial charge in [-0.1, -0.05) is 5.16 Å². The average Bonchev–Trinajstić information content (AvgIpc) is 3.33. The van der Waals surface area contributed by atoms with E-state index in [0.29, 0.717) is 18.7 Å². The van der Waals surface area contributed by atoms with Gasteiger partial charge in [-0.2, -0.15) is 0 Å². The maximum absolute atomic E-state index is 12.6. The van der Waals surface area contributed by atoms with Gasteiger partial charge >= 0.3 is 0 Å². The molecule has 1 N–H and O–H groups in total. The molecule has 1 aromatic carbocycles. The summed E-state index contributed by atoms with van der Waals surface area (Å²) < 4.78 is 16.1. The smallest absolute Gasteiger partial charge is 0.273 e. The molecule has 2 aromatic heterocycles. The Morgan fingerprint density at radius 1 is 1.26 bits per heavy atom. The minimum Gasteiger partial charge on any atom is -0.497 e. The van der Waals surface area contributed by atoms with E-state index in [4.69, 9.17) is 14.0 Å². The monoisotopic (exact) mass is 384 g/mol. The van der Waals surface area contributed by atoms with Crippen molar-refractivity contribution in [2.45, 2.75) is 19.3 Å². The van der Waals surface area contributed by atoms with Crippen LogP contribution in [-0.4, -0.2) is 31.8 Å². The fourth-order valence-electron chi connectivity index (χ4n) is 3.38. The number of hydrogen-bond acceptors (Lipinski definition) is 6. The molecule has 0 saturated carbocycles. The van der Waals surface area contributed by atoms with Gasteiger partial charge in [0.25, 0.3) is 5.91 Å². The molecule has 0 spiro atoms. The average molecular weight is 384 g/mol. The summed E-state index contributed by atoms with van der Waals surface area (Å²) in [5, 5.41) is 9.02. The number of aryl methyl sites for hydroxylation is 1. The first-order valence-electron chi connectivity index (χ1n) is 8.75. The number of methoxy groups -OCH3 is 2. The molecular formula is C20H20N2O4S. The van der Waals surface area contributed by atoms with Crippen molar-refractivity contribution in [3.63, 3.8) is 0 Å². The zero-order chi connectivity index (χ0) is 18.8. The summed E-state index contributed by atoms with van der Waals surface area (Å²) in [6.45, 7) is 0.466. The van der Waals surface area contributed by atoms with Gasteiger partial charge in [0.1, 0.15) is 11.5 Å². The van der Waals surface area contributed by atoms with Crippen LogP contribution < -0.4 is 14.8 Å². The van der Waals surface area contributed by atoms with Crippen molar-refractivity contribution >= 4 is 17.2 Å². The Morgan fingerprint density at radius 3 is 2.96 bits per heavy atom. The van der Waals surface area contributed by atoms with Gasteiger partial charge in [-0.25, -0.2) is 0 Å². The van der Waals surface area contributed by atoms with E-state index in [-0.39, 0.29) is 5.91 Å². The lowest BCUT2D eigenvalue weighted by Gasteiger charge is -2.12. The van der Waals surface area contributed by atoms with Crippen molar-refractivity contribution < 1.29 is 18.8 Å². The molecule has 0 atom stereocenters. The number of hydrogen-bond donors (Lipinski definition) is 1. The van der Waals surface area contributed by atoms with E-state index in [0.717, 1.165) is 46.8 Å². The molecule has 6 nitrogen and oxygen atoms in total. The summed E-state index contributed by atoms with van der Waals surface area (Å²) in [7, 11) is 3.25. The maximum Gasteiger partial charge on any atom is 0.273 e. The van der Waals surface area contributed by atoms with Gasteiger partial charge in [0.05, 0.1) is 14.2 Å². The van der Waals surface area contributed by atoms with Crippen LogP contribution in [0.2, 0.25) is 0 Å². The van der Waals surface area contributed by atoms with Crippen molar-refractivity contribution in [2.75, 3.05) is 20.8 Å². The van der Waals surface area contributed by atoms with E-state index < -0.39 is 0 Å². The predicted molar refractivity (Wildman–Crippen MR) is 103 cm³/mol. The molecule has 0 fully saturated rings. The predicted octanol–water partition coefficient (Wildman–Crippen LogP) is 3.49. The minimum atomic E-state index is -0.208. The molecular weight excluding hydrogens is 364 g/mol. The van der Waals surface area contributed by atoms with Crippen molar-refractivity contribution in [2.24, 2.45) is 0 Å². The molecule has 1 aliphatic rings. The lowest BCUT2D eigenvalue weighted by Crippen LogP contribution is -2.27. The molecule has 0 bridgehead atoms. The second-order valence-electron chi connectivity index (χ2n) is 6.28. The van der Waals surface area contributed by atoms with E-state index >= 15 is 0 Å². The SMILES string of the molecule is COc1ccc(OC)c(CCNC(=O)c2noc3c2CCc2sccc2-3)c1. The van der Waals surface area contributed by atoms with Crippen LogP contribution in [0.15, 0.2) is 34.2 Å². The molecule has 2 heterocycles. The Balaban J connectivity index is 1.45. The third kappa shape index (κ3) is 3.30. The molecule has 7 heteroatoms. The second kappa shape index (κ2) is 7.44. The molecule has 1 aliphatic carbocycles. The lowest BCUT2D eigenvalue weighted by atomic mass is 9.95. The first-order chi connectivity index (χ1) is 13.2. The zero-order valence-electron chi connectivity index (χ0n) is 15.2. The fourth-order valence-corrected chi connectivity index (χ4v) is 4.25. The minimum absolute atomic E-state index is 0.208. The highest BCUT2D eigenvalue weighted by Gasteiger charge is 2.28. The van der Waals surface area contributed by atoms with Crippen LogP contribution in [0.25, 0.3) is 11.3 Å². The molecule has 0 radical (unpaired) electrons. The molecule has 0 unspecified atom stereocenters. The molecule has 3 aromatic rings. The molecule has 0 saturated heterocycles. The first kappa shape index (κ1) is 17.6. The number of nitrogens with one attached hydrogen (secondary N) is 1. The van der Waals surface area contributed by atoms with Gasteiger partial charge in [0.15, 0.2) is 11.5 Å². The van der Waals surface area contributed by atoms with Crippen LogP contribution in [0, 0.1) is 0 Å². The number of carbonyl (C=O) groups is 1. The molecule has 0 aliphatic heterocycles. The van der Waals surface area contributed by atoms with E-state index in [1.807, 2.05) is 29.6 Å². The number of ether oxygens (including phenoxy) is 2. The number of nitrogens with zero attached hydrogens (tertiary/aromatic N) is 1. The number of carbonyl (C=O) groups excluding carboxylic acids is 1. The molecule has 4 rings (SSSR count). The van der Waals surface area contributed by atoms with E-state index in [9.17, 15) is 4.79 Å². The van der Waals surface area contributed by atoms with Gasteiger partial charge < -0.3 is 19.3 Å². The van der Waals surface area contributed by atoms with Gasteiger partial charge in [-0.05, 0) is 54.5 Å². The molecule has 27 heavy (non-hydrogen) atoms. The Kier molecular flexibility index (Phi) is 4.85. The number of thiophene rings is 1. The Morgan fingerprint density at radius 2 is 2.15 bits per heavy atom. The topological polar surface area (TPSA) is 73.6 Å². The first-order valence-corrected chi connectivity index (χ1v) is 9.63. The Hall–Kier alpha value is -2.80. The quantitative estimate of drug-likeness (QED) is 0.704. The third-order valence-corrected chi connectivity index (χ3v) is 5.74. The standard InChI is InChI=1S/C20H20N2O4S/c1-24-13-3-5-16(25-2)12(11-13)7-9-21-20(23)18-15-4-6-17-14(8-10-27-17)19(15)26-22-18/h3,5,8,10-11H,4,6-7,9H2,1-2H3,(H,21,23). The third-order valence-electron chi connectivity index (χ3n) is 4.76. The maximum atomic E-state index is 12.6. The highest BCUT2D eigenvalue weighted by Crippen LogP contribution is 2.38. The van der Waals surface area contributed by atoms with Crippen LogP contribution in [0.4, 0.5) is 0 Å². The lowest BCUT2D eigenvalue weighted by molar-refractivity contribution is 0.0944. The summed E-state index contributed by atoms with van der Waals surface area (Å²) in [6, 6.07) is 7.66. The molecule has 140 valence electrons. The van der Waals surface area contributed by atoms with E-state index in [2.05, 4.69) is 10.5 Å². The van der Waals surface area contributed by atoms with E-state index in [1.165, 1.54) is 4.88 Å². The van der Waals surface area contributed by atoms with Crippen molar-refractivity contribution in [1.29, 1.82) is 0 Å². The normalized spacial score (nSPS) is 12.2. The Labute approximate surface area is 161 Å². The highest BCUT2D eigenvalue weighted by atomic mass is 32.1. The van der Waals surface area contributed by atoms with Crippen LogP contribution in [0.5, 0.6) is 11.5 Å². The van der Waals surface area contributed by atoms with Crippen LogP contribution in [-0.2, 0) is 19.3 Å². The number of fused-ring (bicyclic) bond motifs is 3.